The molecule has 1 aromatic carbocycles. The SMILES string of the molecule is CCCC(=O)NC(CCS)C(=O)N[C@H](Cc1ccccc1)C(=O)O. The van der Waals surface area contributed by atoms with Gasteiger partial charge in [-0.05, 0) is 24.2 Å². The van der Waals surface area contributed by atoms with Gasteiger partial charge in [-0.1, -0.05) is 37.3 Å². The molecule has 0 saturated heterocycles. The zero-order valence-corrected chi connectivity index (χ0v) is 14.6. The Labute approximate surface area is 147 Å². The highest BCUT2D eigenvalue weighted by atomic mass is 32.1. The molecule has 0 heterocycles. The van der Waals surface area contributed by atoms with Crippen molar-refractivity contribution in [2.75, 3.05) is 5.75 Å². The molecule has 0 aromatic heterocycles. The molecular formula is C17H24N2O4S. The summed E-state index contributed by atoms with van der Waals surface area (Å²) in [6.07, 6.45) is 1.51. The first-order valence-corrected chi connectivity index (χ1v) is 8.58. The number of thiol groups is 1. The Hall–Kier alpha value is -2.02. The zero-order chi connectivity index (χ0) is 17.9. The van der Waals surface area contributed by atoms with Gasteiger partial charge in [-0.15, -0.1) is 0 Å². The van der Waals surface area contributed by atoms with Crippen molar-refractivity contribution < 1.29 is 19.5 Å². The molecule has 132 valence electrons. The summed E-state index contributed by atoms with van der Waals surface area (Å²) in [5, 5.41) is 14.5. The van der Waals surface area contributed by atoms with Gasteiger partial charge in [0.15, 0.2) is 0 Å². The minimum atomic E-state index is -1.11. The maximum absolute atomic E-state index is 12.4. The van der Waals surface area contributed by atoms with Crippen molar-refractivity contribution in [3.05, 3.63) is 35.9 Å². The van der Waals surface area contributed by atoms with Gasteiger partial charge in [0.05, 0.1) is 0 Å². The van der Waals surface area contributed by atoms with Gasteiger partial charge in [0.25, 0.3) is 0 Å². The number of carboxylic acid groups (broad SMARTS) is 1. The summed E-state index contributed by atoms with van der Waals surface area (Å²) in [5.74, 6) is -1.44. The van der Waals surface area contributed by atoms with E-state index < -0.39 is 24.0 Å². The van der Waals surface area contributed by atoms with E-state index in [-0.39, 0.29) is 12.3 Å². The summed E-state index contributed by atoms with van der Waals surface area (Å²) < 4.78 is 0. The van der Waals surface area contributed by atoms with Gasteiger partial charge in [0.2, 0.25) is 11.8 Å². The van der Waals surface area contributed by atoms with Crippen LogP contribution >= 0.6 is 12.6 Å². The summed E-state index contributed by atoms with van der Waals surface area (Å²) in [7, 11) is 0. The van der Waals surface area contributed by atoms with Gasteiger partial charge >= 0.3 is 5.97 Å². The summed E-state index contributed by atoms with van der Waals surface area (Å²) in [4.78, 5) is 35.5. The van der Waals surface area contributed by atoms with Crippen LogP contribution in [0, 0.1) is 0 Å². The van der Waals surface area contributed by atoms with E-state index in [0.717, 1.165) is 5.56 Å². The quantitative estimate of drug-likeness (QED) is 0.479. The second-order valence-corrected chi connectivity index (χ2v) is 5.92. The Balaban J connectivity index is 2.73. The van der Waals surface area contributed by atoms with Gasteiger partial charge in [-0.3, -0.25) is 9.59 Å². The second kappa shape index (κ2) is 10.7. The van der Waals surface area contributed by atoms with E-state index in [1.165, 1.54) is 0 Å². The van der Waals surface area contributed by atoms with Crippen molar-refractivity contribution in [1.82, 2.24) is 10.6 Å². The van der Waals surface area contributed by atoms with Gasteiger partial charge in [0, 0.05) is 12.8 Å². The molecule has 7 heteroatoms. The van der Waals surface area contributed by atoms with Crippen molar-refractivity contribution in [3.8, 4) is 0 Å². The van der Waals surface area contributed by atoms with Crippen molar-refractivity contribution in [2.45, 2.75) is 44.7 Å². The van der Waals surface area contributed by atoms with Gasteiger partial charge in [-0.25, -0.2) is 4.79 Å². The number of aliphatic carboxylic acids is 1. The number of hydrogen-bond donors (Lipinski definition) is 4. The van der Waals surface area contributed by atoms with Crippen LogP contribution < -0.4 is 10.6 Å². The smallest absolute Gasteiger partial charge is 0.326 e. The predicted octanol–water partition coefficient (Wildman–Crippen LogP) is 1.40. The van der Waals surface area contributed by atoms with E-state index in [2.05, 4.69) is 23.3 Å². The molecule has 2 atom stereocenters. The van der Waals surface area contributed by atoms with E-state index >= 15 is 0 Å². The minimum absolute atomic E-state index is 0.179. The van der Waals surface area contributed by atoms with Crippen LogP contribution in [0.1, 0.15) is 31.7 Å². The normalized spacial score (nSPS) is 12.9. The number of nitrogens with one attached hydrogen (secondary N) is 2. The molecule has 6 nitrogen and oxygen atoms in total. The lowest BCUT2D eigenvalue weighted by molar-refractivity contribution is -0.142. The molecule has 24 heavy (non-hydrogen) atoms. The number of carboxylic acids is 1. The molecule has 0 bridgehead atoms. The van der Waals surface area contributed by atoms with E-state index in [0.29, 0.717) is 25.0 Å². The van der Waals surface area contributed by atoms with Crippen molar-refractivity contribution in [3.63, 3.8) is 0 Å². The standard InChI is InChI=1S/C17H24N2O4S/c1-2-6-15(20)18-13(9-10-24)16(21)19-14(17(22)23)11-12-7-4-3-5-8-12/h3-5,7-8,13-14,24H,2,6,9-11H2,1H3,(H,18,20)(H,19,21)(H,22,23)/t13?,14-/m1/s1. The largest absolute Gasteiger partial charge is 0.480 e. The van der Waals surface area contributed by atoms with Crippen LogP contribution in [0.2, 0.25) is 0 Å². The van der Waals surface area contributed by atoms with Crippen LogP contribution in [-0.4, -0.2) is 40.7 Å². The zero-order valence-electron chi connectivity index (χ0n) is 13.7. The highest BCUT2D eigenvalue weighted by Gasteiger charge is 2.26. The summed E-state index contributed by atoms with van der Waals surface area (Å²) in [6.45, 7) is 1.87. The first-order chi connectivity index (χ1) is 11.5. The van der Waals surface area contributed by atoms with Crippen molar-refractivity contribution >= 4 is 30.4 Å². The van der Waals surface area contributed by atoms with Gasteiger partial charge in [0.1, 0.15) is 12.1 Å². The molecule has 0 fully saturated rings. The first kappa shape index (κ1) is 20.0. The fraction of sp³-hybridized carbons (Fsp3) is 0.471. The molecule has 0 aliphatic rings. The third kappa shape index (κ3) is 7.04. The first-order valence-electron chi connectivity index (χ1n) is 7.95. The summed E-state index contributed by atoms with van der Waals surface area (Å²) in [6, 6.07) is 7.23. The average molecular weight is 352 g/mol. The molecule has 0 saturated carbocycles. The molecule has 0 spiro atoms. The number of carbonyl (C=O) groups is 3. The number of benzene rings is 1. The van der Waals surface area contributed by atoms with Crippen LogP contribution in [0.5, 0.6) is 0 Å². The van der Waals surface area contributed by atoms with Crippen LogP contribution in [0.15, 0.2) is 30.3 Å². The molecule has 1 unspecified atom stereocenters. The van der Waals surface area contributed by atoms with Gasteiger partial charge in [-0.2, -0.15) is 12.6 Å². The lowest BCUT2D eigenvalue weighted by Crippen LogP contribution is -2.52. The average Bonchev–Trinajstić information content (AvgIpc) is 2.55. The van der Waals surface area contributed by atoms with E-state index in [1.54, 1.807) is 12.1 Å². The van der Waals surface area contributed by atoms with Crippen LogP contribution in [0.25, 0.3) is 0 Å². The van der Waals surface area contributed by atoms with E-state index in [9.17, 15) is 19.5 Å². The van der Waals surface area contributed by atoms with E-state index in [4.69, 9.17) is 0 Å². The lowest BCUT2D eigenvalue weighted by Gasteiger charge is -2.21. The maximum Gasteiger partial charge on any atom is 0.326 e. The molecule has 0 aliphatic carbocycles. The molecule has 2 amide bonds. The Morgan fingerprint density at radius 1 is 1.12 bits per heavy atom. The maximum atomic E-state index is 12.4. The number of amides is 2. The highest BCUT2D eigenvalue weighted by Crippen LogP contribution is 2.05. The monoisotopic (exact) mass is 352 g/mol. The van der Waals surface area contributed by atoms with Crippen molar-refractivity contribution in [2.24, 2.45) is 0 Å². The number of hydrogen-bond acceptors (Lipinski definition) is 4. The molecule has 0 radical (unpaired) electrons. The van der Waals surface area contributed by atoms with Crippen LogP contribution in [-0.2, 0) is 20.8 Å². The van der Waals surface area contributed by atoms with Crippen LogP contribution in [0.4, 0.5) is 0 Å². The Kier molecular flexibility index (Phi) is 8.93. The Morgan fingerprint density at radius 2 is 1.79 bits per heavy atom. The molecule has 1 aromatic rings. The number of carbonyl (C=O) groups excluding carboxylic acids is 2. The second-order valence-electron chi connectivity index (χ2n) is 5.47. The molecule has 0 aliphatic heterocycles. The summed E-state index contributed by atoms with van der Waals surface area (Å²) in [5.41, 5.74) is 0.811. The number of rotatable bonds is 10. The lowest BCUT2D eigenvalue weighted by atomic mass is 10.1. The Bertz CT molecular complexity index is 551. The molecular weight excluding hydrogens is 328 g/mol. The predicted molar refractivity (Wildman–Crippen MR) is 95.0 cm³/mol. The highest BCUT2D eigenvalue weighted by molar-refractivity contribution is 7.80. The topological polar surface area (TPSA) is 95.5 Å². The molecule has 3 N–H and O–H groups in total. The molecule has 1 rings (SSSR count). The van der Waals surface area contributed by atoms with Crippen LogP contribution in [0.3, 0.4) is 0 Å². The summed E-state index contributed by atoms with van der Waals surface area (Å²) >= 11 is 4.09. The minimum Gasteiger partial charge on any atom is -0.480 e. The third-order valence-corrected chi connectivity index (χ3v) is 3.70. The third-order valence-electron chi connectivity index (χ3n) is 3.44. The van der Waals surface area contributed by atoms with Crippen molar-refractivity contribution in [1.29, 1.82) is 0 Å². The van der Waals surface area contributed by atoms with E-state index in [1.807, 2.05) is 25.1 Å². The van der Waals surface area contributed by atoms with Gasteiger partial charge < -0.3 is 15.7 Å². The fourth-order valence-electron chi connectivity index (χ4n) is 2.21. The Morgan fingerprint density at radius 3 is 2.33 bits per heavy atom. The fourth-order valence-corrected chi connectivity index (χ4v) is 2.47.